The average Bonchev–Trinajstić information content (AvgIpc) is 1.55. The van der Waals surface area contributed by atoms with Crippen LogP contribution in [0.2, 0.25) is 0 Å². The monoisotopic (exact) mass is 1350 g/mol. The van der Waals surface area contributed by atoms with Crippen molar-refractivity contribution in [2.24, 2.45) is 10.8 Å². The van der Waals surface area contributed by atoms with E-state index < -0.39 is 11.6 Å². The van der Waals surface area contributed by atoms with Gasteiger partial charge in [-0.2, -0.15) is 0 Å². The molecule has 0 aliphatic heterocycles. The first kappa shape index (κ1) is 75.1. The molecule has 0 aliphatic carbocycles. The van der Waals surface area contributed by atoms with Crippen LogP contribution in [0.5, 0.6) is 23.0 Å². The third kappa shape index (κ3) is 14.5. The fraction of sp³-hybridized carbons (Fsp3) is 0.457. The SMILES string of the molecule is [CH2-][O+](CCCC[O+]([CH2-])c1c(C)cc(F)cc1-c1cc(C(C)(C)CC(C)(C)C)cc(-n2c3cc(C(C)(C)C)c(C)cc3c3cc(C)c(C(C)(C)C)cc32)c1O)c1c(C)cc(F)cc1-c1cc(C(C)(C)CC(C)(C)C)cc(-n2c3cc(C(C)(C)C)c(C)cc3c3cc(C)c(C(C)(C)C)cc32)c1O. The van der Waals surface area contributed by atoms with Crippen molar-refractivity contribution in [3.8, 4) is 56.6 Å². The van der Waals surface area contributed by atoms with Crippen molar-refractivity contribution >= 4 is 43.6 Å². The molecule has 10 rings (SSSR count). The summed E-state index contributed by atoms with van der Waals surface area (Å²) in [4.78, 5) is 0. The van der Waals surface area contributed by atoms with Crippen LogP contribution >= 0.6 is 0 Å². The van der Waals surface area contributed by atoms with Crippen molar-refractivity contribution in [1.82, 2.24) is 9.13 Å². The number of rotatable bonds is 15. The van der Waals surface area contributed by atoms with E-state index in [9.17, 15) is 10.2 Å². The summed E-state index contributed by atoms with van der Waals surface area (Å²) >= 11 is 0. The maximum absolute atomic E-state index is 16.5. The van der Waals surface area contributed by atoms with Gasteiger partial charge < -0.3 is 28.1 Å². The lowest BCUT2D eigenvalue weighted by molar-refractivity contribution is 0.00432. The predicted octanol–water partition coefficient (Wildman–Crippen LogP) is 27.0. The minimum absolute atomic E-state index is 0.0470. The number of aromatic nitrogens is 2. The van der Waals surface area contributed by atoms with Crippen molar-refractivity contribution in [3.63, 3.8) is 0 Å². The van der Waals surface area contributed by atoms with Crippen LogP contribution in [0.3, 0.4) is 0 Å². The molecule has 2 heterocycles. The summed E-state index contributed by atoms with van der Waals surface area (Å²) in [6.45, 7) is 63.1. The minimum Gasteiger partial charge on any atom is -0.711 e. The van der Waals surface area contributed by atoms with E-state index in [2.05, 4.69) is 285 Å². The molecule has 0 atom stereocenters. The first-order valence-corrected chi connectivity index (χ1v) is 36.4. The van der Waals surface area contributed by atoms with Crippen LogP contribution in [-0.4, -0.2) is 32.6 Å². The molecule has 8 aromatic carbocycles. The molecule has 534 valence electrons. The zero-order valence-corrected chi connectivity index (χ0v) is 66.3. The molecule has 100 heavy (non-hydrogen) atoms. The van der Waals surface area contributed by atoms with Gasteiger partial charge in [0.05, 0.1) is 44.6 Å². The first-order valence-electron chi connectivity index (χ1n) is 36.4. The number of fused-ring (bicyclic) bond motifs is 6. The highest BCUT2D eigenvalue weighted by molar-refractivity contribution is 6.12. The summed E-state index contributed by atoms with van der Waals surface area (Å²) in [7, 11) is 9.25. The van der Waals surface area contributed by atoms with Crippen LogP contribution in [0.15, 0.2) is 97.1 Å². The van der Waals surface area contributed by atoms with Gasteiger partial charge in [-0.15, -0.1) is 0 Å². The van der Waals surface area contributed by atoms with Gasteiger partial charge in [-0.05, 0) is 265 Å². The second kappa shape index (κ2) is 25.7. The fourth-order valence-electron chi connectivity index (χ4n) is 17.4. The molecule has 0 saturated heterocycles. The van der Waals surface area contributed by atoms with Gasteiger partial charge in [0, 0.05) is 56.6 Å². The van der Waals surface area contributed by atoms with E-state index in [-0.39, 0.29) is 54.8 Å². The Morgan fingerprint density at radius 1 is 0.340 bits per heavy atom. The largest absolute Gasteiger partial charge is 0.711 e. The lowest BCUT2D eigenvalue weighted by atomic mass is 9.71. The predicted molar refractivity (Wildman–Crippen MR) is 424 cm³/mol. The number of aryl methyl sites for hydroxylation is 6. The molecule has 6 nitrogen and oxygen atoms in total. The Kier molecular flexibility index (Phi) is 19.3. The van der Waals surface area contributed by atoms with Gasteiger partial charge in [-0.25, -0.2) is 8.78 Å². The van der Waals surface area contributed by atoms with E-state index >= 15 is 8.78 Å². The van der Waals surface area contributed by atoms with Gasteiger partial charge in [0.1, 0.15) is 36.3 Å². The summed E-state index contributed by atoms with van der Waals surface area (Å²) in [5.41, 5.74) is 18.9. The molecule has 8 heteroatoms. The first-order chi connectivity index (χ1) is 45.8. The number of halogens is 2. The zero-order chi connectivity index (χ0) is 74.3. The highest BCUT2D eigenvalue weighted by atomic mass is 19.1. The molecule has 0 unspecified atom stereocenters. The quantitative estimate of drug-likeness (QED) is 0.0611. The molecule has 0 spiro atoms. The third-order valence-electron chi connectivity index (χ3n) is 21.0. The molecule has 0 bridgehead atoms. The molecular formula is C92H118F2N2O4. The Morgan fingerprint density at radius 2 is 0.600 bits per heavy atom. The fourth-order valence-corrected chi connectivity index (χ4v) is 17.4. The van der Waals surface area contributed by atoms with E-state index in [0.717, 1.165) is 67.6 Å². The maximum Gasteiger partial charge on any atom is 0.237 e. The summed E-state index contributed by atoms with van der Waals surface area (Å²) in [5.74, 6) is 0.538. The summed E-state index contributed by atoms with van der Waals surface area (Å²) in [6, 6.07) is 33.3. The second-order valence-corrected chi connectivity index (χ2v) is 37.7. The summed E-state index contributed by atoms with van der Waals surface area (Å²) in [5, 5.41) is 31.3. The number of nitrogens with zero attached hydrogens (tertiary/aromatic N) is 2. The number of phenolic OH excluding ortho intramolecular Hbond substituents is 2. The van der Waals surface area contributed by atoms with E-state index in [4.69, 9.17) is 0 Å². The molecule has 0 fully saturated rings. The maximum atomic E-state index is 16.5. The van der Waals surface area contributed by atoms with E-state index in [1.54, 1.807) is 12.1 Å². The van der Waals surface area contributed by atoms with Gasteiger partial charge in [0.15, 0.2) is 0 Å². The second-order valence-electron chi connectivity index (χ2n) is 37.7. The Labute approximate surface area is 599 Å². The van der Waals surface area contributed by atoms with E-state index in [1.807, 2.05) is 13.8 Å². The zero-order valence-electron chi connectivity index (χ0n) is 66.3. The van der Waals surface area contributed by atoms with Crippen molar-refractivity contribution < 1.29 is 27.7 Å². The van der Waals surface area contributed by atoms with Crippen molar-refractivity contribution in [3.05, 3.63) is 190 Å². The normalized spacial score (nSPS) is 13.3. The Hall–Kier alpha value is -7.58. The minimum atomic E-state index is -0.418. The number of hydrogen-bond acceptors (Lipinski definition) is 2. The van der Waals surface area contributed by atoms with Crippen LogP contribution in [0.1, 0.15) is 245 Å². The Morgan fingerprint density at radius 3 is 0.840 bits per heavy atom. The highest BCUT2D eigenvalue weighted by Gasteiger charge is 2.36. The topological polar surface area (TPSA) is 55.7 Å². The third-order valence-corrected chi connectivity index (χ3v) is 21.0. The van der Waals surface area contributed by atoms with Crippen LogP contribution in [0.25, 0.3) is 77.2 Å². The van der Waals surface area contributed by atoms with Crippen molar-refractivity contribution in [2.45, 2.75) is 252 Å². The van der Waals surface area contributed by atoms with Crippen LogP contribution < -0.4 is 0 Å². The van der Waals surface area contributed by atoms with Gasteiger partial charge in [0.25, 0.3) is 0 Å². The molecule has 0 saturated carbocycles. The molecule has 0 radical (unpaired) electrons. The van der Waals surface area contributed by atoms with Gasteiger partial charge in [-0.3, -0.25) is 0 Å². The van der Waals surface area contributed by atoms with Gasteiger partial charge >= 0.3 is 0 Å². The number of unbranched alkanes of at least 4 members (excludes halogenated alkanes) is 1. The Bertz CT molecular complexity index is 4400. The lowest BCUT2D eigenvalue weighted by Gasteiger charge is -2.35. The van der Waals surface area contributed by atoms with E-state index in [0.29, 0.717) is 82.3 Å². The van der Waals surface area contributed by atoms with Gasteiger partial charge in [0.2, 0.25) is 11.5 Å². The molecule has 10 aromatic rings. The number of benzene rings is 8. The number of phenols is 2. The molecule has 0 amide bonds. The number of hydrogen-bond donors (Lipinski definition) is 2. The number of aromatic hydroxyl groups is 2. The smallest absolute Gasteiger partial charge is 0.237 e. The summed E-state index contributed by atoms with van der Waals surface area (Å²) in [6.07, 6.45) is 2.89. The van der Waals surface area contributed by atoms with Crippen molar-refractivity contribution in [2.75, 3.05) is 13.2 Å². The average molecular weight is 1350 g/mol. The molecular weight excluding hydrogens is 1240 g/mol. The van der Waals surface area contributed by atoms with E-state index in [1.165, 1.54) is 56.6 Å². The standard InChI is InChI=1S/C92H118F2N2O4/c1-53-37-63-64-38-54(2)72(88(16,17)18)48-76(64)95(75(63)47-71(53)87(13,14)15)79-43-59(91(25,26)51-85(7,8)9)41-67(81(79)97)69-45-61(93)35-57(5)83(69)99(29)33-31-32-34-100(30)84-58(6)36-62(94)46-70(84)68-42-60(92(27,28)52-86(10,11)12)44-80(82(68)98)96-77-49-73(89(19,20)21)55(3)39-65(77)66-40-56(4)74(50-78(66)96)90(22,23)24/h35-50,97-98H,29-34,51-52H2,1-28H3. The van der Waals surface area contributed by atoms with Gasteiger partial charge in [-0.1, -0.05) is 152 Å². The molecule has 2 aromatic heterocycles. The lowest BCUT2D eigenvalue weighted by Crippen LogP contribution is -2.25. The Balaban J connectivity index is 1.08. The van der Waals surface area contributed by atoms with Crippen LogP contribution in [-0.2, 0) is 41.2 Å². The highest BCUT2D eigenvalue weighted by Crippen LogP contribution is 2.54. The molecule has 0 aliphatic rings. The van der Waals surface area contributed by atoms with Crippen LogP contribution in [0.4, 0.5) is 8.78 Å². The van der Waals surface area contributed by atoms with Crippen LogP contribution in [0, 0.1) is 78.2 Å². The summed E-state index contributed by atoms with van der Waals surface area (Å²) < 4.78 is 43.8. The van der Waals surface area contributed by atoms with Crippen molar-refractivity contribution in [1.29, 1.82) is 0 Å². The molecule has 2 N–H and O–H groups in total.